The SMILES string of the molecule is CCOc1nc2ccccc2nc1C1=CCC(CNC2CC2)S1. The third-order valence-corrected chi connectivity index (χ3v) is 5.43. The van der Waals surface area contributed by atoms with Gasteiger partial charge in [0, 0.05) is 22.7 Å². The topological polar surface area (TPSA) is 47.0 Å². The molecular weight excluding hydrogens is 306 g/mol. The van der Waals surface area contributed by atoms with Crippen LogP contribution in [-0.2, 0) is 0 Å². The summed E-state index contributed by atoms with van der Waals surface area (Å²) in [5.41, 5.74) is 2.70. The number of nitrogens with zero attached hydrogens (tertiary/aromatic N) is 2. The van der Waals surface area contributed by atoms with Gasteiger partial charge in [-0.1, -0.05) is 18.2 Å². The fourth-order valence-electron chi connectivity index (χ4n) is 2.76. The van der Waals surface area contributed by atoms with Crippen molar-refractivity contribution >= 4 is 27.7 Å². The van der Waals surface area contributed by atoms with Crippen molar-refractivity contribution in [1.29, 1.82) is 0 Å². The lowest BCUT2D eigenvalue weighted by Gasteiger charge is -2.13. The van der Waals surface area contributed by atoms with Crippen LogP contribution in [0.15, 0.2) is 30.3 Å². The van der Waals surface area contributed by atoms with Gasteiger partial charge >= 0.3 is 0 Å². The monoisotopic (exact) mass is 327 g/mol. The standard InChI is InChI=1S/C18H21N3OS/c1-2-22-18-17(20-14-5-3-4-6-15(14)21-18)16-10-9-13(23-16)11-19-12-7-8-12/h3-6,10,12-13,19H,2,7-9,11H2,1H3. The van der Waals surface area contributed by atoms with Crippen molar-refractivity contribution in [3.8, 4) is 5.88 Å². The largest absolute Gasteiger partial charge is 0.476 e. The summed E-state index contributed by atoms with van der Waals surface area (Å²) in [6, 6.07) is 8.73. The molecule has 2 aliphatic rings. The number of hydrogen-bond donors (Lipinski definition) is 1. The van der Waals surface area contributed by atoms with Crippen LogP contribution >= 0.6 is 11.8 Å². The third-order valence-electron chi connectivity index (χ3n) is 4.12. The second kappa shape index (κ2) is 6.49. The summed E-state index contributed by atoms with van der Waals surface area (Å²) >= 11 is 1.90. The molecule has 5 heteroatoms. The van der Waals surface area contributed by atoms with Gasteiger partial charge in [-0.15, -0.1) is 11.8 Å². The van der Waals surface area contributed by atoms with Crippen molar-refractivity contribution in [1.82, 2.24) is 15.3 Å². The van der Waals surface area contributed by atoms with Crippen LogP contribution in [-0.4, -0.2) is 34.4 Å². The summed E-state index contributed by atoms with van der Waals surface area (Å²) in [5.74, 6) is 0.653. The predicted octanol–water partition coefficient (Wildman–Crippen LogP) is 3.63. The van der Waals surface area contributed by atoms with E-state index in [1.54, 1.807) is 0 Å². The molecule has 1 aromatic carbocycles. The predicted molar refractivity (Wildman–Crippen MR) is 95.7 cm³/mol. The van der Waals surface area contributed by atoms with Gasteiger partial charge in [0.05, 0.1) is 17.6 Å². The molecule has 1 N–H and O–H groups in total. The molecule has 0 spiro atoms. The second-order valence-electron chi connectivity index (χ2n) is 6.03. The van der Waals surface area contributed by atoms with Crippen LogP contribution in [0.5, 0.6) is 5.88 Å². The maximum atomic E-state index is 5.76. The Bertz CT molecular complexity index is 742. The number of rotatable bonds is 6. The van der Waals surface area contributed by atoms with Gasteiger partial charge in [0.25, 0.3) is 0 Å². The molecule has 2 aromatic rings. The molecule has 1 unspecified atom stereocenters. The van der Waals surface area contributed by atoms with Gasteiger partial charge in [0.2, 0.25) is 5.88 Å². The third kappa shape index (κ3) is 3.35. The Labute approximate surface area is 140 Å². The van der Waals surface area contributed by atoms with Gasteiger partial charge in [0.1, 0.15) is 5.69 Å². The number of nitrogens with one attached hydrogen (secondary N) is 1. The lowest BCUT2D eigenvalue weighted by Crippen LogP contribution is -2.25. The first kappa shape index (κ1) is 15.0. The Morgan fingerprint density at radius 2 is 2.00 bits per heavy atom. The van der Waals surface area contributed by atoms with Crippen molar-refractivity contribution < 1.29 is 4.74 Å². The van der Waals surface area contributed by atoms with Crippen molar-refractivity contribution in [2.24, 2.45) is 0 Å². The van der Waals surface area contributed by atoms with E-state index in [0.717, 1.165) is 35.7 Å². The van der Waals surface area contributed by atoms with E-state index in [9.17, 15) is 0 Å². The highest BCUT2D eigenvalue weighted by atomic mass is 32.2. The van der Waals surface area contributed by atoms with Gasteiger partial charge in [-0.3, -0.25) is 0 Å². The van der Waals surface area contributed by atoms with Crippen molar-refractivity contribution in [3.05, 3.63) is 36.0 Å². The Morgan fingerprint density at radius 1 is 1.22 bits per heavy atom. The average Bonchev–Trinajstić information content (AvgIpc) is 3.29. The normalized spacial score (nSPS) is 20.7. The Hall–Kier alpha value is -1.59. The molecule has 4 rings (SSSR count). The Kier molecular flexibility index (Phi) is 4.23. The molecule has 1 aromatic heterocycles. The van der Waals surface area contributed by atoms with Crippen LogP contribution < -0.4 is 10.1 Å². The number of benzene rings is 1. The maximum Gasteiger partial charge on any atom is 0.241 e. The molecule has 23 heavy (non-hydrogen) atoms. The van der Waals surface area contributed by atoms with Crippen LogP contribution in [0.3, 0.4) is 0 Å². The van der Waals surface area contributed by atoms with E-state index >= 15 is 0 Å². The summed E-state index contributed by atoms with van der Waals surface area (Å²) < 4.78 is 5.76. The van der Waals surface area contributed by atoms with Crippen LogP contribution in [0.2, 0.25) is 0 Å². The molecule has 0 saturated heterocycles. The first-order chi connectivity index (χ1) is 11.3. The summed E-state index contributed by atoms with van der Waals surface area (Å²) in [5, 5.41) is 4.21. The average molecular weight is 327 g/mol. The fraction of sp³-hybridized carbons (Fsp3) is 0.444. The molecule has 2 heterocycles. The molecule has 0 amide bonds. The molecular formula is C18H21N3OS. The number of allylic oxidation sites excluding steroid dienone is 1. The molecule has 0 bridgehead atoms. The maximum absolute atomic E-state index is 5.76. The highest BCUT2D eigenvalue weighted by molar-refractivity contribution is 8.09. The van der Waals surface area contributed by atoms with Crippen LogP contribution in [0, 0.1) is 0 Å². The lowest BCUT2D eigenvalue weighted by atomic mass is 10.2. The Morgan fingerprint density at radius 3 is 2.74 bits per heavy atom. The molecule has 1 aliphatic carbocycles. The van der Waals surface area contributed by atoms with E-state index in [1.165, 1.54) is 17.7 Å². The second-order valence-corrected chi connectivity index (χ2v) is 7.37. The van der Waals surface area contributed by atoms with Gasteiger partial charge < -0.3 is 10.1 Å². The van der Waals surface area contributed by atoms with Crippen molar-refractivity contribution in [3.63, 3.8) is 0 Å². The number of aromatic nitrogens is 2. The number of para-hydroxylation sites is 2. The Balaban J connectivity index is 1.58. The minimum atomic E-state index is 0.591. The van der Waals surface area contributed by atoms with E-state index in [4.69, 9.17) is 9.72 Å². The summed E-state index contributed by atoms with van der Waals surface area (Å²) in [4.78, 5) is 10.7. The molecule has 4 nitrogen and oxygen atoms in total. The van der Waals surface area contributed by atoms with Gasteiger partial charge in [0.15, 0.2) is 0 Å². The van der Waals surface area contributed by atoms with E-state index in [2.05, 4.69) is 16.4 Å². The van der Waals surface area contributed by atoms with Crippen LogP contribution in [0.4, 0.5) is 0 Å². The minimum absolute atomic E-state index is 0.591. The van der Waals surface area contributed by atoms with E-state index in [0.29, 0.717) is 17.7 Å². The van der Waals surface area contributed by atoms with Crippen LogP contribution in [0.25, 0.3) is 15.9 Å². The van der Waals surface area contributed by atoms with E-state index in [1.807, 2.05) is 43.0 Å². The molecule has 1 atom stereocenters. The zero-order valence-electron chi connectivity index (χ0n) is 13.3. The zero-order chi connectivity index (χ0) is 15.6. The number of hydrogen-bond acceptors (Lipinski definition) is 5. The van der Waals surface area contributed by atoms with E-state index in [-0.39, 0.29) is 0 Å². The lowest BCUT2D eigenvalue weighted by molar-refractivity contribution is 0.326. The summed E-state index contributed by atoms with van der Waals surface area (Å²) in [6.45, 7) is 3.66. The van der Waals surface area contributed by atoms with Gasteiger partial charge in [-0.25, -0.2) is 9.97 Å². The first-order valence-electron chi connectivity index (χ1n) is 8.33. The highest BCUT2D eigenvalue weighted by Crippen LogP contribution is 2.41. The van der Waals surface area contributed by atoms with Crippen LogP contribution in [0.1, 0.15) is 31.9 Å². The quantitative estimate of drug-likeness (QED) is 0.878. The van der Waals surface area contributed by atoms with Gasteiger partial charge in [-0.2, -0.15) is 0 Å². The number of ether oxygens (including phenoxy) is 1. The smallest absolute Gasteiger partial charge is 0.241 e. The minimum Gasteiger partial charge on any atom is -0.476 e. The molecule has 1 aliphatic heterocycles. The van der Waals surface area contributed by atoms with E-state index < -0.39 is 0 Å². The summed E-state index contributed by atoms with van der Waals surface area (Å²) in [6.07, 6.45) is 6.04. The van der Waals surface area contributed by atoms with Crippen molar-refractivity contribution in [2.45, 2.75) is 37.5 Å². The highest BCUT2D eigenvalue weighted by Gasteiger charge is 2.26. The molecule has 120 valence electrons. The number of fused-ring (bicyclic) bond motifs is 1. The molecule has 1 saturated carbocycles. The van der Waals surface area contributed by atoms with Crippen molar-refractivity contribution in [2.75, 3.05) is 13.2 Å². The number of thioether (sulfide) groups is 1. The zero-order valence-corrected chi connectivity index (χ0v) is 14.1. The summed E-state index contributed by atoms with van der Waals surface area (Å²) in [7, 11) is 0. The van der Waals surface area contributed by atoms with Gasteiger partial charge in [-0.05, 0) is 38.3 Å². The first-order valence-corrected chi connectivity index (χ1v) is 9.21. The molecule has 1 fully saturated rings. The molecule has 0 radical (unpaired) electrons. The fourth-order valence-corrected chi connectivity index (χ4v) is 3.93.